The SMILES string of the molecule is CC[C@@H](CN(c1ccccc1F)S(=O)(=O)C1CC1)N1C(=O)[C@@H](CC(N)=O)O[C@H](c2cccc(Cl)c2)[C@H]1c1ccc(Cl)cc1.CC[C@@H](CN(c1ccccc1F)S(=O)(=O)C1CC1)N1C(=O)[C@H](CC(N)=O)O[C@H](c2cccc(Cl)c2)[C@H]1c1ccc(Cl)cc1. The highest BCUT2D eigenvalue weighted by molar-refractivity contribution is 7.94. The molecule has 0 radical (unpaired) electrons. The lowest BCUT2D eigenvalue weighted by atomic mass is 9.89. The van der Waals surface area contributed by atoms with Gasteiger partial charge in [-0.15, -0.1) is 0 Å². The Morgan fingerprint density at radius 2 is 0.872 bits per heavy atom. The fourth-order valence-electron chi connectivity index (χ4n) is 11.1. The van der Waals surface area contributed by atoms with Crippen molar-refractivity contribution in [1.82, 2.24) is 9.80 Å². The second-order valence-corrected chi connectivity index (χ2v) is 27.6. The highest BCUT2D eigenvalue weighted by Gasteiger charge is 2.51. The van der Waals surface area contributed by atoms with E-state index in [1.54, 1.807) is 119 Å². The van der Waals surface area contributed by atoms with Crippen LogP contribution in [0.25, 0.3) is 0 Å². The summed E-state index contributed by atoms with van der Waals surface area (Å²) in [6.45, 7) is 3.23. The molecule has 2 saturated carbocycles. The largest absolute Gasteiger partial charge is 0.370 e. The van der Waals surface area contributed by atoms with Crippen molar-refractivity contribution in [2.45, 2.75) is 124 Å². The van der Waals surface area contributed by atoms with E-state index in [1.807, 2.05) is 13.8 Å². The van der Waals surface area contributed by atoms with E-state index in [4.69, 9.17) is 67.3 Å². The number of morpholine rings is 2. The van der Waals surface area contributed by atoms with E-state index >= 15 is 8.78 Å². The summed E-state index contributed by atoms with van der Waals surface area (Å²) in [7, 11) is -7.88. The molecule has 8 atom stereocenters. The highest BCUT2D eigenvalue weighted by Crippen LogP contribution is 2.48. The Balaban J connectivity index is 0.000000205. The van der Waals surface area contributed by atoms with Gasteiger partial charge in [0.2, 0.25) is 31.9 Å². The maximum absolute atomic E-state index is 15.2. The Bertz CT molecular complexity index is 3440. The molecule has 4 amide bonds. The van der Waals surface area contributed by atoms with Crippen LogP contribution in [0.4, 0.5) is 20.2 Å². The molecule has 0 bridgehead atoms. The number of hydrogen-bond acceptors (Lipinski definition) is 10. The number of primary amides is 2. The molecule has 4 aliphatic rings. The lowest BCUT2D eigenvalue weighted by Crippen LogP contribution is -2.58. The number of carbonyl (C=O) groups excluding carboxylic acids is 4. The second-order valence-electron chi connectivity index (χ2n) is 21.6. The van der Waals surface area contributed by atoms with Crippen molar-refractivity contribution in [2.75, 3.05) is 21.7 Å². The third-order valence-corrected chi connectivity index (χ3v) is 21.2. The molecule has 4 fully saturated rings. The minimum atomic E-state index is -3.94. The summed E-state index contributed by atoms with van der Waals surface area (Å²) in [5.41, 5.74) is 13.5. The Morgan fingerprint density at radius 1 is 0.523 bits per heavy atom. The third kappa shape index (κ3) is 14.5. The molecule has 2 heterocycles. The van der Waals surface area contributed by atoms with Gasteiger partial charge >= 0.3 is 0 Å². The number of benzene rings is 6. The van der Waals surface area contributed by atoms with Gasteiger partial charge in [-0.25, -0.2) is 25.6 Å². The molecule has 16 nitrogen and oxygen atoms in total. The molecule has 0 unspecified atom stereocenters. The first kappa shape index (κ1) is 64.1. The maximum Gasteiger partial charge on any atom is 0.253 e. The number of amides is 4. The molecule has 2 aliphatic carbocycles. The smallest absolute Gasteiger partial charge is 0.253 e. The number of ether oxygens (including phenoxy) is 2. The molecule has 24 heteroatoms. The van der Waals surface area contributed by atoms with E-state index in [2.05, 4.69) is 0 Å². The van der Waals surface area contributed by atoms with Gasteiger partial charge in [0, 0.05) is 20.1 Å². The van der Waals surface area contributed by atoms with Crippen LogP contribution in [0.5, 0.6) is 0 Å². The Hall–Kier alpha value is -6.36. The number of rotatable bonds is 22. The minimum Gasteiger partial charge on any atom is -0.370 e. The van der Waals surface area contributed by atoms with E-state index in [1.165, 1.54) is 36.4 Å². The number of para-hydroxylation sites is 2. The fraction of sp³-hybridized carbons (Fsp3) is 0.355. The number of anilines is 2. The molecule has 456 valence electrons. The van der Waals surface area contributed by atoms with Crippen molar-refractivity contribution in [1.29, 1.82) is 0 Å². The molecule has 6 aromatic rings. The van der Waals surface area contributed by atoms with E-state index in [0.29, 0.717) is 80.9 Å². The molecule has 86 heavy (non-hydrogen) atoms. The lowest BCUT2D eigenvalue weighted by molar-refractivity contribution is -0.181. The second kappa shape index (κ2) is 27.4. The van der Waals surface area contributed by atoms with Crippen molar-refractivity contribution in [3.63, 3.8) is 0 Å². The molecule has 0 aromatic heterocycles. The van der Waals surface area contributed by atoms with Crippen LogP contribution in [0.1, 0.15) is 112 Å². The van der Waals surface area contributed by atoms with Crippen molar-refractivity contribution >= 4 is 101 Å². The molecule has 6 aromatic carbocycles. The monoisotopic (exact) mass is 1290 g/mol. The Labute approximate surface area is 519 Å². The van der Waals surface area contributed by atoms with Crippen molar-refractivity contribution in [2.24, 2.45) is 11.5 Å². The van der Waals surface area contributed by atoms with Crippen LogP contribution in [0.2, 0.25) is 20.1 Å². The molecular weight excluding hydrogens is 1230 g/mol. The van der Waals surface area contributed by atoms with Gasteiger partial charge in [0.15, 0.2) is 0 Å². The molecule has 0 spiro atoms. The minimum absolute atomic E-state index is 0.0864. The van der Waals surface area contributed by atoms with Gasteiger partial charge < -0.3 is 30.7 Å². The zero-order chi connectivity index (χ0) is 61.8. The first-order chi connectivity index (χ1) is 41.0. The van der Waals surface area contributed by atoms with Crippen LogP contribution < -0.4 is 20.1 Å². The van der Waals surface area contributed by atoms with E-state index in [9.17, 15) is 36.0 Å². The standard InChI is InChI=1S/2C31H32Cl2FN3O5S/c2*1-2-23(18-36(43(40,41)24-14-15-24)26-9-4-3-8-25(26)34)37-29(19-10-12-21(32)13-11-19)30(20-6-5-7-22(33)16-20)42-27(31(37)39)17-28(35)38/h2*3-13,16,23-24,27,29-30H,2,14-15,17-18H2,1H3,(H2,35,38)/t23-,27+,29+,30+;23-,27-,29+,30+/m00/s1. The molecular formula is C62H64Cl4F2N6O10S2. The van der Waals surface area contributed by atoms with E-state index in [0.717, 1.165) is 8.61 Å². The van der Waals surface area contributed by atoms with Gasteiger partial charge in [0.1, 0.15) is 36.1 Å². The maximum atomic E-state index is 15.2. The Kier molecular flexibility index (Phi) is 20.4. The number of nitrogens with zero attached hydrogens (tertiary/aromatic N) is 4. The van der Waals surface area contributed by atoms with Crippen molar-refractivity contribution in [3.05, 3.63) is 200 Å². The summed E-state index contributed by atoms with van der Waals surface area (Å²) in [6, 6.07) is 36.1. The predicted octanol–water partition coefficient (Wildman–Crippen LogP) is 11.6. The van der Waals surface area contributed by atoms with Crippen LogP contribution in [0.3, 0.4) is 0 Å². The van der Waals surface area contributed by atoms with Crippen LogP contribution in [0.15, 0.2) is 146 Å². The highest BCUT2D eigenvalue weighted by atomic mass is 35.5. The zero-order valence-corrected chi connectivity index (χ0v) is 51.5. The van der Waals surface area contributed by atoms with Crippen LogP contribution in [-0.2, 0) is 48.7 Å². The third-order valence-electron chi connectivity index (χ3n) is 15.6. The van der Waals surface area contributed by atoms with E-state index in [-0.39, 0.29) is 37.3 Å². The lowest BCUT2D eigenvalue weighted by Gasteiger charge is -2.48. The number of carbonyl (C=O) groups is 4. The number of hydrogen-bond donors (Lipinski definition) is 2. The van der Waals surface area contributed by atoms with Gasteiger partial charge in [0.25, 0.3) is 11.8 Å². The number of sulfonamides is 2. The normalized spacial score (nSPS) is 21.4. The van der Waals surface area contributed by atoms with Crippen LogP contribution >= 0.6 is 46.4 Å². The van der Waals surface area contributed by atoms with Gasteiger partial charge in [-0.3, -0.25) is 27.8 Å². The fourth-order valence-corrected chi connectivity index (χ4v) is 15.6. The molecule has 4 N–H and O–H groups in total. The topological polar surface area (TPSA) is 220 Å². The summed E-state index contributed by atoms with van der Waals surface area (Å²) in [6.07, 6.45) is -2.31. The predicted molar refractivity (Wildman–Crippen MR) is 327 cm³/mol. The molecule has 2 saturated heterocycles. The Morgan fingerprint density at radius 3 is 1.17 bits per heavy atom. The number of halogens is 6. The van der Waals surface area contributed by atoms with Gasteiger partial charge in [0.05, 0.1) is 72.0 Å². The average Bonchev–Trinajstić information content (AvgIpc) is 1.21. The van der Waals surface area contributed by atoms with Gasteiger partial charge in [-0.05, 0) is 134 Å². The number of nitrogens with two attached hydrogens (primary N) is 2. The zero-order valence-electron chi connectivity index (χ0n) is 46.8. The van der Waals surface area contributed by atoms with Crippen molar-refractivity contribution in [3.8, 4) is 0 Å². The average molecular weight is 1300 g/mol. The molecule has 10 rings (SSSR count). The first-order valence-electron chi connectivity index (χ1n) is 28.1. The van der Waals surface area contributed by atoms with Gasteiger partial charge in [-0.1, -0.05) is 133 Å². The summed E-state index contributed by atoms with van der Waals surface area (Å²) in [4.78, 5) is 55.7. The quantitative estimate of drug-likeness (QED) is 0.0655. The van der Waals surface area contributed by atoms with Crippen molar-refractivity contribution < 1.29 is 54.3 Å². The summed E-state index contributed by atoms with van der Waals surface area (Å²) < 4.78 is 100. The van der Waals surface area contributed by atoms with Crippen LogP contribution in [-0.4, -0.2) is 98.1 Å². The summed E-state index contributed by atoms with van der Waals surface area (Å²) >= 11 is 25.1. The summed E-state index contributed by atoms with van der Waals surface area (Å²) in [5, 5.41) is 0.603. The summed E-state index contributed by atoms with van der Waals surface area (Å²) in [5.74, 6) is -3.89. The first-order valence-corrected chi connectivity index (χ1v) is 32.6. The van der Waals surface area contributed by atoms with E-state index < -0.39 is 114 Å². The van der Waals surface area contributed by atoms with Gasteiger partial charge in [-0.2, -0.15) is 0 Å². The van der Waals surface area contributed by atoms with Crippen LogP contribution in [0, 0.1) is 11.6 Å². The molecule has 2 aliphatic heterocycles.